The highest BCUT2D eigenvalue weighted by Gasteiger charge is 2.23. The molecule has 1 aliphatic rings. The van der Waals surface area contributed by atoms with E-state index in [0.29, 0.717) is 28.2 Å². The van der Waals surface area contributed by atoms with Gasteiger partial charge in [-0.1, -0.05) is 30.0 Å². The molecule has 1 unspecified atom stereocenters. The number of amides is 1. The highest BCUT2D eigenvalue weighted by atomic mass is 32.2. The summed E-state index contributed by atoms with van der Waals surface area (Å²) in [5, 5.41) is 12.0. The minimum absolute atomic E-state index is 0.149. The van der Waals surface area contributed by atoms with Gasteiger partial charge in [0.1, 0.15) is 0 Å². The Hall–Kier alpha value is -3.85. The van der Waals surface area contributed by atoms with Gasteiger partial charge in [-0.3, -0.25) is 14.3 Å². The van der Waals surface area contributed by atoms with Crippen LogP contribution in [0.3, 0.4) is 0 Å². The van der Waals surface area contributed by atoms with E-state index in [9.17, 15) is 4.79 Å². The molecule has 0 saturated heterocycles. The van der Waals surface area contributed by atoms with Crippen molar-refractivity contribution in [2.75, 3.05) is 12.1 Å². The van der Waals surface area contributed by atoms with Crippen LogP contribution in [-0.4, -0.2) is 37.7 Å². The van der Waals surface area contributed by atoms with Crippen LogP contribution in [0.4, 0.5) is 5.69 Å². The van der Waals surface area contributed by atoms with E-state index in [2.05, 4.69) is 20.5 Å². The molecule has 9 heteroatoms. The Labute approximate surface area is 195 Å². The zero-order chi connectivity index (χ0) is 22.8. The minimum Gasteiger partial charge on any atom is -0.454 e. The Morgan fingerprint density at radius 3 is 2.67 bits per heavy atom. The molecule has 2 aromatic heterocycles. The maximum absolute atomic E-state index is 12.9. The predicted octanol–water partition coefficient (Wildman–Crippen LogP) is 4.49. The molecule has 4 aromatic rings. The van der Waals surface area contributed by atoms with Gasteiger partial charge in [0.05, 0.1) is 10.9 Å². The van der Waals surface area contributed by atoms with Crippen molar-refractivity contribution in [3.05, 3.63) is 72.6 Å². The second kappa shape index (κ2) is 8.95. The van der Waals surface area contributed by atoms with E-state index >= 15 is 0 Å². The zero-order valence-corrected chi connectivity index (χ0v) is 18.9. The summed E-state index contributed by atoms with van der Waals surface area (Å²) in [5.41, 5.74) is 3.58. The summed E-state index contributed by atoms with van der Waals surface area (Å²) >= 11 is 1.35. The third kappa shape index (κ3) is 4.27. The summed E-state index contributed by atoms with van der Waals surface area (Å²) in [6.07, 6.45) is 3.45. The number of nitrogens with zero attached hydrogens (tertiary/aromatic N) is 4. The van der Waals surface area contributed by atoms with Crippen LogP contribution in [0.1, 0.15) is 12.5 Å². The summed E-state index contributed by atoms with van der Waals surface area (Å²) in [6, 6.07) is 17.1. The van der Waals surface area contributed by atoms with Crippen LogP contribution in [0.15, 0.2) is 72.1 Å². The van der Waals surface area contributed by atoms with Crippen LogP contribution < -0.4 is 14.8 Å². The fourth-order valence-electron chi connectivity index (χ4n) is 3.50. The van der Waals surface area contributed by atoms with E-state index in [-0.39, 0.29) is 12.7 Å². The molecule has 8 nitrogen and oxygen atoms in total. The molecule has 5 rings (SSSR count). The number of pyridine rings is 1. The number of anilines is 1. The molecular weight excluding hydrogens is 438 g/mol. The van der Waals surface area contributed by atoms with Gasteiger partial charge in [0.15, 0.2) is 22.5 Å². The predicted molar refractivity (Wildman–Crippen MR) is 126 cm³/mol. The van der Waals surface area contributed by atoms with E-state index in [1.54, 1.807) is 30.6 Å². The number of ether oxygens (including phenoxy) is 2. The van der Waals surface area contributed by atoms with Crippen molar-refractivity contribution >= 4 is 23.4 Å². The third-order valence-electron chi connectivity index (χ3n) is 5.22. The van der Waals surface area contributed by atoms with Crippen molar-refractivity contribution in [3.8, 4) is 28.6 Å². The maximum atomic E-state index is 12.9. The molecule has 3 heterocycles. The number of benzene rings is 2. The Morgan fingerprint density at radius 1 is 1.06 bits per heavy atom. The second-order valence-electron chi connectivity index (χ2n) is 7.48. The topological polar surface area (TPSA) is 91.2 Å². The van der Waals surface area contributed by atoms with Gasteiger partial charge < -0.3 is 14.8 Å². The van der Waals surface area contributed by atoms with Crippen molar-refractivity contribution in [2.45, 2.75) is 24.3 Å². The monoisotopic (exact) mass is 459 g/mol. The molecule has 1 N–H and O–H groups in total. The van der Waals surface area contributed by atoms with Gasteiger partial charge in [-0.25, -0.2) is 0 Å². The van der Waals surface area contributed by atoms with Crippen LogP contribution >= 0.6 is 11.8 Å². The number of para-hydroxylation sites is 1. The van der Waals surface area contributed by atoms with Gasteiger partial charge >= 0.3 is 0 Å². The second-order valence-corrected chi connectivity index (χ2v) is 8.79. The number of aromatic nitrogens is 4. The van der Waals surface area contributed by atoms with Crippen LogP contribution in [0.5, 0.6) is 11.5 Å². The molecule has 0 fully saturated rings. The van der Waals surface area contributed by atoms with Crippen molar-refractivity contribution in [3.63, 3.8) is 0 Å². The van der Waals surface area contributed by atoms with Crippen LogP contribution in [-0.2, 0) is 4.79 Å². The average Bonchev–Trinajstić information content (AvgIpc) is 3.46. The first-order valence-corrected chi connectivity index (χ1v) is 11.3. The van der Waals surface area contributed by atoms with Crippen molar-refractivity contribution in [1.29, 1.82) is 0 Å². The molecule has 1 atom stereocenters. The quantitative estimate of drug-likeness (QED) is 0.425. The molecular formula is C24H21N5O3S. The fraction of sp³-hybridized carbons (Fsp3) is 0.167. The van der Waals surface area contributed by atoms with E-state index in [0.717, 1.165) is 16.8 Å². The Kier molecular flexibility index (Phi) is 5.70. The van der Waals surface area contributed by atoms with Gasteiger partial charge in [0.25, 0.3) is 0 Å². The smallest absolute Gasteiger partial charge is 0.237 e. The summed E-state index contributed by atoms with van der Waals surface area (Å²) in [4.78, 5) is 17.0. The molecule has 0 radical (unpaired) electrons. The first kappa shape index (κ1) is 21.0. The number of carbonyl (C=O) groups excluding carboxylic acids is 1. The Morgan fingerprint density at radius 2 is 1.85 bits per heavy atom. The van der Waals surface area contributed by atoms with Gasteiger partial charge in [-0.2, -0.15) is 0 Å². The summed E-state index contributed by atoms with van der Waals surface area (Å²) in [7, 11) is 0. The number of thioether (sulfide) groups is 1. The summed E-state index contributed by atoms with van der Waals surface area (Å²) in [5.74, 6) is 1.83. The normalized spacial score (nSPS) is 13.0. The van der Waals surface area contributed by atoms with E-state index < -0.39 is 5.25 Å². The first-order chi connectivity index (χ1) is 16.1. The van der Waals surface area contributed by atoms with E-state index in [1.807, 2.05) is 54.8 Å². The maximum Gasteiger partial charge on any atom is 0.237 e. The van der Waals surface area contributed by atoms with Crippen LogP contribution in [0, 0.1) is 6.92 Å². The average molecular weight is 460 g/mol. The number of hydrogen-bond donors (Lipinski definition) is 1. The Balaban J connectivity index is 1.42. The van der Waals surface area contributed by atoms with Gasteiger partial charge in [0.2, 0.25) is 12.7 Å². The minimum atomic E-state index is -0.423. The van der Waals surface area contributed by atoms with E-state index in [1.165, 1.54) is 11.8 Å². The lowest BCUT2D eigenvalue weighted by atomic mass is 10.2. The molecule has 2 aromatic carbocycles. The van der Waals surface area contributed by atoms with Gasteiger partial charge in [-0.05, 0) is 49.7 Å². The third-order valence-corrected chi connectivity index (χ3v) is 6.26. The van der Waals surface area contributed by atoms with Gasteiger partial charge in [-0.15, -0.1) is 10.2 Å². The zero-order valence-electron chi connectivity index (χ0n) is 18.1. The van der Waals surface area contributed by atoms with Crippen molar-refractivity contribution < 1.29 is 14.3 Å². The summed E-state index contributed by atoms with van der Waals surface area (Å²) in [6.45, 7) is 4.07. The van der Waals surface area contributed by atoms with Crippen molar-refractivity contribution in [2.24, 2.45) is 0 Å². The molecule has 0 aliphatic carbocycles. The molecule has 0 bridgehead atoms. The highest BCUT2D eigenvalue weighted by molar-refractivity contribution is 8.00. The molecule has 33 heavy (non-hydrogen) atoms. The summed E-state index contributed by atoms with van der Waals surface area (Å²) < 4.78 is 12.7. The lowest BCUT2D eigenvalue weighted by Gasteiger charge is -2.15. The number of aryl methyl sites for hydroxylation is 1. The number of nitrogens with one attached hydrogen (secondary N) is 1. The van der Waals surface area contributed by atoms with Crippen LogP contribution in [0.25, 0.3) is 17.1 Å². The standard InChI is InChI=1S/C24H21N5O3S/c1-15-5-3-4-6-19(15)29-22(17-9-11-25-12-10-17)27-28-24(29)33-16(2)23(30)26-18-7-8-20-21(13-18)32-14-31-20/h3-13,16H,14H2,1-2H3,(H,26,30). The van der Waals surface area contributed by atoms with Crippen LogP contribution in [0.2, 0.25) is 0 Å². The number of carbonyl (C=O) groups is 1. The highest BCUT2D eigenvalue weighted by Crippen LogP contribution is 2.35. The molecule has 0 spiro atoms. The number of hydrogen-bond acceptors (Lipinski definition) is 7. The molecule has 1 aliphatic heterocycles. The fourth-order valence-corrected chi connectivity index (χ4v) is 4.36. The lowest BCUT2D eigenvalue weighted by molar-refractivity contribution is -0.115. The van der Waals surface area contributed by atoms with Gasteiger partial charge in [0, 0.05) is 29.7 Å². The molecule has 0 saturated carbocycles. The van der Waals surface area contributed by atoms with E-state index in [4.69, 9.17) is 9.47 Å². The number of rotatable bonds is 6. The molecule has 1 amide bonds. The number of fused-ring (bicyclic) bond motifs is 1. The first-order valence-electron chi connectivity index (χ1n) is 10.4. The Bertz CT molecular complexity index is 1310. The largest absolute Gasteiger partial charge is 0.454 e. The lowest BCUT2D eigenvalue weighted by Crippen LogP contribution is -2.23. The SMILES string of the molecule is Cc1ccccc1-n1c(SC(C)C(=O)Nc2ccc3c(c2)OCO3)nnc1-c1ccncc1. The van der Waals surface area contributed by atoms with Crippen molar-refractivity contribution in [1.82, 2.24) is 19.7 Å². The molecule has 166 valence electrons.